The zero-order chi connectivity index (χ0) is 14.6. The van der Waals surface area contributed by atoms with Crippen molar-refractivity contribution < 1.29 is 18.8 Å². The van der Waals surface area contributed by atoms with Gasteiger partial charge in [0.05, 0.1) is 0 Å². The quantitative estimate of drug-likeness (QED) is 0.356. The summed E-state index contributed by atoms with van der Waals surface area (Å²) in [5.41, 5.74) is 5.39. The van der Waals surface area contributed by atoms with Crippen LogP contribution < -0.4 is 5.73 Å². The third-order valence-corrected chi connectivity index (χ3v) is 3.71. The topological polar surface area (TPSA) is 78.9 Å². The van der Waals surface area contributed by atoms with Gasteiger partial charge in [0, 0.05) is 38.3 Å². The molecule has 1 unspecified atom stereocenters. The van der Waals surface area contributed by atoms with Crippen molar-refractivity contribution in [1.82, 2.24) is 4.90 Å². The zero-order valence-corrected chi connectivity index (χ0v) is 11.3. The van der Waals surface area contributed by atoms with E-state index in [0.29, 0.717) is 0 Å². The third-order valence-electron chi connectivity index (χ3n) is 3.71. The number of amides is 1. The van der Waals surface area contributed by atoms with Crippen molar-refractivity contribution in [2.75, 3.05) is 7.05 Å². The summed E-state index contributed by atoms with van der Waals surface area (Å²) in [6, 6.07) is -0.231. The van der Waals surface area contributed by atoms with Crippen LogP contribution in [-0.4, -0.2) is 40.9 Å². The maximum atomic E-state index is 13.0. The molecule has 0 radical (unpaired) electrons. The molecule has 0 bridgehead atoms. The molecule has 1 amide bonds. The van der Waals surface area contributed by atoms with Crippen LogP contribution >= 0.6 is 0 Å². The van der Waals surface area contributed by atoms with E-state index in [1.807, 2.05) is 0 Å². The fourth-order valence-electron chi connectivity index (χ4n) is 2.27. The van der Waals surface area contributed by atoms with Crippen molar-refractivity contribution in [2.24, 2.45) is 16.8 Å². The summed E-state index contributed by atoms with van der Waals surface area (Å²) in [4.78, 5) is 13.7. The van der Waals surface area contributed by atoms with Gasteiger partial charge in [-0.1, -0.05) is 5.16 Å². The molecule has 0 saturated heterocycles. The van der Waals surface area contributed by atoms with Crippen LogP contribution in [0.25, 0.3) is 0 Å². The van der Waals surface area contributed by atoms with Gasteiger partial charge in [0.1, 0.15) is 5.84 Å². The predicted octanol–water partition coefficient (Wildman–Crippen LogP) is 1.80. The summed E-state index contributed by atoms with van der Waals surface area (Å²) < 4.78 is 26.1. The number of rotatable bonds is 4. The van der Waals surface area contributed by atoms with Gasteiger partial charge in [-0.3, -0.25) is 4.79 Å². The van der Waals surface area contributed by atoms with E-state index in [1.54, 1.807) is 14.0 Å². The molecule has 0 aromatic carbocycles. The molecule has 1 aliphatic rings. The normalized spacial score (nSPS) is 22.0. The van der Waals surface area contributed by atoms with E-state index in [-0.39, 0.29) is 55.8 Å². The number of hydrogen-bond acceptors (Lipinski definition) is 3. The van der Waals surface area contributed by atoms with Gasteiger partial charge in [0.25, 0.3) is 0 Å². The van der Waals surface area contributed by atoms with Crippen molar-refractivity contribution >= 4 is 11.7 Å². The molecule has 1 aliphatic carbocycles. The fourth-order valence-corrected chi connectivity index (χ4v) is 2.27. The van der Waals surface area contributed by atoms with Gasteiger partial charge < -0.3 is 15.8 Å². The lowest BCUT2D eigenvalue weighted by molar-refractivity contribution is -0.140. The molecule has 1 fully saturated rings. The second-order valence-electron chi connectivity index (χ2n) is 5.22. The van der Waals surface area contributed by atoms with E-state index in [2.05, 4.69) is 5.16 Å². The SMILES string of the molecule is CC(CC(N)=NO)N(C)C(=O)C1CCC(F)(F)CC1. The molecule has 7 heteroatoms. The largest absolute Gasteiger partial charge is 0.409 e. The number of carbonyl (C=O) groups is 1. The molecular formula is C12H21F2N3O2. The Labute approximate surface area is 111 Å². The first kappa shape index (κ1) is 15.7. The van der Waals surface area contributed by atoms with E-state index in [1.165, 1.54) is 4.90 Å². The molecule has 5 nitrogen and oxygen atoms in total. The van der Waals surface area contributed by atoms with Gasteiger partial charge in [-0.2, -0.15) is 0 Å². The van der Waals surface area contributed by atoms with Crippen LogP contribution in [0.4, 0.5) is 8.78 Å². The van der Waals surface area contributed by atoms with E-state index in [0.717, 1.165) is 0 Å². The van der Waals surface area contributed by atoms with Gasteiger partial charge in [0.2, 0.25) is 11.8 Å². The average Bonchev–Trinajstić information content (AvgIpc) is 2.36. The minimum atomic E-state index is -2.63. The molecular weight excluding hydrogens is 256 g/mol. The molecule has 19 heavy (non-hydrogen) atoms. The van der Waals surface area contributed by atoms with Gasteiger partial charge in [-0.15, -0.1) is 0 Å². The van der Waals surface area contributed by atoms with Crippen LogP contribution in [0, 0.1) is 5.92 Å². The number of amidine groups is 1. The van der Waals surface area contributed by atoms with Crippen LogP contribution in [0.3, 0.4) is 0 Å². The van der Waals surface area contributed by atoms with Gasteiger partial charge in [-0.05, 0) is 19.8 Å². The van der Waals surface area contributed by atoms with Crippen LogP contribution in [0.15, 0.2) is 5.16 Å². The number of nitrogens with two attached hydrogens (primary N) is 1. The molecule has 0 aromatic rings. The standard InChI is InChI=1S/C12H21F2N3O2/c1-8(7-10(15)16-19)17(2)11(18)9-3-5-12(13,14)6-4-9/h8-9,19H,3-7H2,1-2H3,(H2,15,16). The Morgan fingerprint density at radius 1 is 1.53 bits per heavy atom. The zero-order valence-electron chi connectivity index (χ0n) is 11.3. The van der Waals surface area contributed by atoms with Crippen molar-refractivity contribution in [2.45, 2.75) is 51.0 Å². The second kappa shape index (κ2) is 6.16. The van der Waals surface area contributed by atoms with E-state index < -0.39 is 5.92 Å². The van der Waals surface area contributed by atoms with E-state index in [9.17, 15) is 13.6 Å². The Morgan fingerprint density at radius 2 is 2.05 bits per heavy atom. The summed E-state index contributed by atoms with van der Waals surface area (Å²) in [5.74, 6) is -3.08. The number of alkyl halides is 2. The number of hydrogen-bond donors (Lipinski definition) is 2. The maximum absolute atomic E-state index is 13.0. The van der Waals surface area contributed by atoms with Crippen molar-refractivity contribution in [3.63, 3.8) is 0 Å². The van der Waals surface area contributed by atoms with Crippen LogP contribution in [0.1, 0.15) is 39.0 Å². The molecule has 0 aliphatic heterocycles. The average molecular weight is 277 g/mol. The molecule has 1 saturated carbocycles. The first-order chi connectivity index (χ1) is 8.76. The third kappa shape index (κ3) is 4.33. The molecule has 110 valence electrons. The van der Waals surface area contributed by atoms with E-state index >= 15 is 0 Å². The Balaban J connectivity index is 2.53. The lowest BCUT2D eigenvalue weighted by Gasteiger charge is -2.32. The summed E-state index contributed by atoms with van der Waals surface area (Å²) >= 11 is 0. The van der Waals surface area contributed by atoms with E-state index in [4.69, 9.17) is 10.9 Å². The number of carbonyl (C=O) groups excluding carboxylic acids is 1. The number of oxime groups is 1. The highest BCUT2D eigenvalue weighted by molar-refractivity contribution is 5.82. The molecule has 1 atom stereocenters. The fraction of sp³-hybridized carbons (Fsp3) is 0.833. The Morgan fingerprint density at radius 3 is 2.53 bits per heavy atom. The second-order valence-corrected chi connectivity index (χ2v) is 5.22. The number of nitrogens with zero attached hydrogens (tertiary/aromatic N) is 2. The summed E-state index contributed by atoms with van der Waals surface area (Å²) in [5, 5.41) is 11.3. The maximum Gasteiger partial charge on any atom is 0.248 e. The summed E-state index contributed by atoms with van der Waals surface area (Å²) in [6.45, 7) is 1.77. The van der Waals surface area contributed by atoms with Gasteiger partial charge >= 0.3 is 0 Å². The predicted molar refractivity (Wildman–Crippen MR) is 67.2 cm³/mol. The minimum Gasteiger partial charge on any atom is -0.409 e. The highest BCUT2D eigenvalue weighted by Crippen LogP contribution is 2.36. The first-order valence-electron chi connectivity index (χ1n) is 6.37. The smallest absolute Gasteiger partial charge is 0.248 e. The summed E-state index contributed by atoms with van der Waals surface area (Å²) in [6.07, 6.45) is 0.221. The molecule has 0 aromatic heterocycles. The first-order valence-corrected chi connectivity index (χ1v) is 6.37. The Hall–Kier alpha value is -1.40. The van der Waals surface area contributed by atoms with Crippen molar-refractivity contribution in [3.8, 4) is 0 Å². The highest BCUT2D eigenvalue weighted by atomic mass is 19.3. The number of halogens is 2. The van der Waals surface area contributed by atoms with Crippen LogP contribution in [0.2, 0.25) is 0 Å². The lowest BCUT2D eigenvalue weighted by atomic mass is 9.85. The monoisotopic (exact) mass is 277 g/mol. The summed E-state index contributed by atoms with van der Waals surface area (Å²) in [7, 11) is 1.62. The minimum absolute atomic E-state index is 0.0438. The molecule has 3 N–H and O–H groups in total. The van der Waals surface area contributed by atoms with Crippen molar-refractivity contribution in [3.05, 3.63) is 0 Å². The molecule has 1 rings (SSSR count). The Bertz CT molecular complexity index is 351. The van der Waals surface area contributed by atoms with Gasteiger partial charge in [0.15, 0.2) is 0 Å². The molecule has 0 heterocycles. The lowest BCUT2D eigenvalue weighted by Crippen LogP contribution is -2.43. The Kier molecular flexibility index (Phi) is 5.08. The van der Waals surface area contributed by atoms with Gasteiger partial charge in [-0.25, -0.2) is 8.78 Å². The van der Waals surface area contributed by atoms with Crippen LogP contribution in [0.5, 0.6) is 0 Å². The highest BCUT2D eigenvalue weighted by Gasteiger charge is 2.38. The van der Waals surface area contributed by atoms with Crippen LogP contribution in [-0.2, 0) is 4.79 Å². The molecule has 0 spiro atoms. The van der Waals surface area contributed by atoms with Crippen molar-refractivity contribution in [1.29, 1.82) is 0 Å².